The first-order valence-corrected chi connectivity index (χ1v) is 25.9. The van der Waals surface area contributed by atoms with Crippen LogP contribution < -0.4 is 5.32 Å². The fraction of sp³-hybridized carbons (Fsp3) is 0.936. The highest BCUT2D eigenvalue weighted by Crippen LogP contribution is 2.26. The van der Waals surface area contributed by atoms with Crippen LogP contribution in [0.3, 0.4) is 0 Å². The van der Waals surface area contributed by atoms with Gasteiger partial charge in [-0.2, -0.15) is 8.42 Å². The number of carbonyl (C=O) groups is 1. The van der Waals surface area contributed by atoms with Gasteiger partial charge in [-0.3, -0.25) is 9.35 Å². The Hall–Kier alpha value is -1.16. The molecule has 7 atom stereocenters. The van der Waals surface area contributed by atoms with Gasteiger partial charge in [-0.15, -0.1) is 0 Å². The largest absolute Gasteiger partial charge is 0.397 e. The van der Waals surface area contributed by atoms with Crippen LogP contribution in [0.1, 0.15) is 226 Å². The fourth-order valence-electron chi connectivity index (χ4n) is 7.98. The lowest BCUT2D eigenvalue weighted by Gasteiger charge is -2.41. The van der Waals surface area contributed by atoms with Gasteiger partial charge in [0.2, 0.25) is 5.91 Å². The first-order valence-electron chi connectivity index (χ1n) is 24.6. The number of rotatable bonds is 42. The highest BCUT2D eigenvalue weighted by molar-refractivity contribution is 7.80. The van der Waals surface area contributed by atoms with Gasteiger partial charge in [0.25, 0.3) is 0 Å². The van der Waals surface area contributed by atoms with Crippen molar-refractivity contribution in [3.63, 3.8) is 0 Å². The number of ether oxygens (including phenoxy) is 2. The zero-order valence-electron chi connectivity index (χ0n) is 38.0. The summed E-state index contributed by atoms with van der Waals surface area (Å²) in [4.78, 5) is 13.0. The number of amides is 1. The van der Waals surface area contributed by atoms with E-state index in [2.05, 4.69) is 23.3 Å². The number of aliphatic hydroxyl groups excluding tert-OH is 4. The van der Waals surface area contributed by atoms with Crippen LogP contribution >= 0.6 is 0 Å². The van der Waals surface area contributed by atoms with Crippen LogP contribution in [-0.4, -0.2) is 95.4 Å². The van der Waals surface area contributed by atoms with Gasteiger partial charge in [-0.1, -0.05) is 212 Å². The summed E-state index contributed by atoms with van der Waals surface area (Å²) in [7, 11) is -5.08. The van der Waals surface area contributed by atoms with Crippen molar-refractivity contribution in [1.29, 1.82) is 0 Å². The Morgan fingerprint density at radius 3 is 1.45 bits per heavy atom. The molecule has 0 saturated carbocycles. The molecule has 0 aromatic carbocycles. The van der Waals surface area contributed by atoms with Gasteiger partial charge in [0.1, 0.15) is 24.4 Å². The lowest BCUT2D eigenvalue weighted by Crippen LogP contribution is -2.61. The molecule has 1 aliphatic rings. The monoisotopic (exact) mass is 878 g/mol. The van der Waals surface area contributed by atoms with E-state index >= 15 is 0 Å². The molecule has 1 amide bonds. The minimum Gasteiger partial charge on any atom is -0.394 e. The van der Waals surface area contributed by atoms with Gasteiger partial charge in [-0.25, -0.2) is 4.18 Å². The molecule has 0 bridgehead atoms. The second-order valence-electron chi connectivity index (χ2n) is 17.4. The summed E-state index contributed by atoms with van der Waals surface area (Å²) >= 11 is 0. The SMILES string of the molecule is CCCCCCCCC/C=C/C(O)C(COC1OC(CO)C(O)C(OS(=O)(=O)O)C1O)NC(=O)CCCCCCCCCCCCCCCCCCCCCCCCCC. The molecule has 12 nitrogen and oxygen atoms in total. The number of hydrogen-bond donors (Lipinski definition) is 6. The Balaban J connectivity index is 2.33. The molecule has 60 heavy (non-hydrogen) atoms. The van der Waals surface area contributed by atoms with E-state index in [1.54, 1.807) is 6.08 Å². The molecule has 7 unspecified atom stereocenters. The summed E-state index contributed by atoms with van der Waals surface area (Å²) in [6.07, 6.45) is 34.2. The average Bonchev–Trinajstić information content (AvgIpc) is 3.22. The summed E-state index contributed by atoms with van der Waals surface area (Å²) in [5.41, 5.74) is 0. The third-order valence-electron chi connectivity index (χ3n) is 11.8. The van der Waals surface area contributed by atoms with Gasteiger partial charge in [0.15, 0.2) is 6.29 Å². The zero-order chi connectivity index (χ0) is 44.1. The maximum Gasteiger partial charge on any atom is 0.397 e. The first kappa shape index (κ1) is 56.9. The van der Waals surface area contributed by atoms with Gasteiger partial charge < -0.3 is 35.2 Å². The summed E-state index contributed by atoms with van der Waals surface area (Å²) in [5.74, 6) is -0.261. The van der Waals surface area contributed by atoms with Crippen molar-refractivity contribution in [2.24, 2.45) is 0 Å². The number of carbonyl (C=O) groups excluding carboxylic acids is 1. The maximum absolute atomic E-state index is 13.0. The van der Waals surface area contributed by atoms with E-state index in [0.717, 1.165) is 44.9 Å². The Kier molecular flexibility index (Phi) is 36.3. The molecule has 13 heteroatoms. The van der Waals surface area contributed by atoms with Crippen molar-refractivity contribution in [2.75, 3.05) is 13.2 Å². The predicted molar refractivity (Wildman–Crippen MR) is 241 cm³/mol. The van der Waals surface area contributed by atoms with Crippen LogP contribution in [0.2, 0.25) is 0 Å². The Bertz CT molecular complexity index is 1130. The second-order valence-corrected chi connectivity index (χ2v) is 18.5. The average molecular weight is 878 g/mol. The molecule has 0 aliphatic carbocycles. The van der Waals surface area contributed by atoms with E-state index in [1.165, 1.54) is 154 Å². The Morgan fingerprint density at radius 2 is 1.05 bits per heavy atom. The molecule has 0 aromatic rings. The van der Waals surface area contributed by atoms with Gasteiger partial charge in [0.05, 0.1) is 25.4 Å². The molecule has 1 heterocycles. The number of nitrogens with one attached hydrogen (secondary N) is 1. The highest BCUT2D eigenvalue weighted by Gasteiger charge is 2.48. The summed E-state index contributed by atoms with van der Waals surface area (Å²) in [5, 5.41) is 44.6. The standard InChI is InChI=1S/C47H91NO11S/c1-3-5-7-9-11-13-14-15-16-17-18-19-20-21-22-23-24-25-26-27-29-31-33-35-37-43(51)48-40(41(50)36-34-32-30-28-12-10-8-6-4-2)39-57-47-45(53)46(59-60(54,55)56)44(52)42(38-49)58-47/h34,36,40-42,44-47,49-50,52-53H,3-33,35,37-39H2,1-2H3,(H,48,51)(H,54,55,56)/b36-34+. The minimum absolute atomic E-state index is 0.261. The van der Waals surface area contributed by atoms with Crippen LogP contribution in [0, 0.1) is 0 Å². The zero-order valence-corrected chi connectivity index (χ0v) is 38.9. The molecule has 356 valence electrons. The molecule has 1 aliphatic heterocycles. The predicted octanol–water partition coefficient (Wildman–Crippen LogP) is 9.94. The van der Waals surface area contributed by atoms with Crippen molar-refractivity contribution in [1.82, 2.24) is 5.32 Å². The lowest BCUT2D eigenvalue weighted by molar-refractivity contribution is -0.298. The third kappa shape index (κ3) is 30.8. The van der Waals surface area contributed by atoms with Gasteiger partial charge >= 0.3 is 10.4 Å². The number of allylic oxidation sites excluding steroid dienone is 1. The van der Waals surface area contributed by atoms with E-state index in [-0.39, 0.29) is 18.9 Å². The first-order chi connectivity index (χ1) is 29.0. The van der Waals surface area contributed by atoms with Crippen molar-refractivity contribution in [3.8, 4) is 0 Å². The van der Waals surface area contributed by atoms with E-state index in [1.807, 2.05) is 6.08 Å². The minimum atomic E-state index is -5.08. The molecule has 0 radical (unpaired) electrons. The smallest absolute Gasteiger partial charge is 0.394 e. The van der Waals surface area contributed by atoms with Crippen molar-refractivity contribution >= 4 is 16.3 Å². The summed E-state index contributed by atoms with van der Waals surface area (Å²) in [6.45, 7) is 3.36. The van der Waals surface area contributed by atoms with Crippen molar-refractivity contribution in [3.05, 3.63) is 12.2 Å². The quantitative estimate of drug-likeness (QED) is 0.0194. The second kappa shape index (κ2) is 38.3. The van der Waals surface area contributed by atoms with E-state index < -0.39 is 59.9 Å². The van der Waals surface area contributed by atoms with Crippen LogP contribution in [0.25, 0.3) is 0 Å². The van der Waals surface area contributed by atoms with E-state index in [4.69, 9.17) is 14.0 Å². The topological polar surface area (TPSA) is 192 Å². The number of aliphatic hydroxyl groups is 4. The van der Waals surface area contributed by atoms with Gasteiger partial charge in [-0.05, 0) is 19.3 Å². The molecule has 0 aromatic heterocycles. The van der Waals surface area contributed by atoms with Crippen molar-refractivity contribution < 1.29 is 51.8 Å². The molecule has 6 N–H and O–H groups in total. The third-order valence-corrected chi connectivity index (χ3v) is 12.3. The van der Waals surface area contributed by atoms with Crippen molar-refractivity contribution in [2.45, 2.75) is 269 Å². The molecular weight excluding hydrogens is 787 g/mol. The van der Waals surface area contributed by atoms with E-state index in [9.17, 15) is 33.6 Å². The maximum atomic E-state index is 13.0. The summed E-state index contributed by atoms with van der Waals surface area (Å²) in [6, 6.07) is -0.937. The van der Waals surface area contributed by atoms with Crippen LogP contribution in [0.4, 0.5) is 0 Å². The number of hydrogen-bond acceptors (Lipinski definition) is 10. The summed E-state index contributed by atoms with van der Waals surface area (Å²) < 4.78 is 47.5. The highest BCUT2D eigenvalue weighted by atomic mass is 32.3. The number of unbranched alkanes of at least 4 members (excludes halogenated alkanes) is 30. The molecule has 1 saturated heterocycles. The van der Waals surface area contributed by atoms with Crippen LogP contribution in [-0.2, 0) is 28.9 Å². The molecule has 1 fully saturated rings. The van der Waals surface area contributed by atoms with Crippen LogP contribution in [0.15, 0.2) is 12.2 Å². The molecule has 0 spiro atoms. The Morgan fingerprint density at radius 1 is 0.650 bits per heavy atom. The fourth-order valence-corrected chi connectivity index (χ4v) is 8.49. The van der Waals surface area contributed by atoms with Gasteiger partial charge in [0, 0.05) is 6.42 Å². The normalized spacial score (nSPS) is 20.8. The lowest BCUT2D eigenvalue weighted by atomic mass is 9.99. The molecule has 1 rings (SSSR count). The van der Waals surface area contributed by atoms with E-state index in [0.29, 0.717) is 6.42 Å². The van der Waals surface area contributed by atoms with Crippen LogP contribution in [0.5, 0.6) is 0 Å². The molecular formula is C47H91NO11S. The Labute approximate surface area is 366 Å².